The van der Waals surface area contributed by atoms with Gasteiger partial charge < -0.3 is 5.32 Å². The van der Waals surface area contributed by atoms with Crippen LogP contribution in [0.4, 0.5) is 23.2 Å². The van der Waals surface area contributed by atoms with E-state index in [0.717, 1.165) is 35.3 Å². The highest BCUT2D eigenvalue weighted by Crippen LogP contribution is 2.30. The summed E-state index contributed by atoms with van der Waals surface area (Å²) in [6, 6.07) is 7.70. The summed E-state index contributed by atoms with van der Waals surface area (Å²) in [5.74, 6) is 4.08. The Hall–Kier alpha value is -3.18. The molecule has 1 aromatic heterocycles. The van der Waals surface area contributed by atoms with Crippen molar-refractivity contribution in [3.63, 3.8) is 0 Å². The van der Waals surface area contributed by atoms with Crippen molar-refractivity contribution in [2.45, 2.75) is 13.1 Å². The highest BCUT2D eigenvalue weighted by atomic mass is 32.1. The molecule has 0 aliphatic carbocycles. The van der Waals surface area contributed by atoms with E-state index < -0.39 is 23.5 Å². The van der Waals surface area contributed by atoms with Gasteiger partial charge in [-0.2, -0.15) is 13.2 Å². The van der Waals surface area contributed by atoms with E-state index in [1.165, 1.54) is 23.5 Å². The van der Waals surface area contributed by atoms with Gasteiger partial charge in [0.1, 0.15) is 11.5 Å². The average Bonchev–Trinajstić information content (AvgIpc) is 3.06. The fourth-order valence-corrected chi connectivity index (χ4v) is 2.82. The number of hydrogen-bond donors (Lipinski definition) is 1. The molecule has 142 valence electrons. The molecule has 1 amide bonds. The van der Waals surface area contributed by atoms with Crippen LogP contribution in [-0.4, -0.2) is 10.9 Å². The molecule has 8 heteroatoms. The Morgan fingerprint density at radius 2 is 1.82 bits per heavy atom. The van der Waals surface area contributed by atoms with Crippen molar-refractivity contribution in [1.82, 2.24) is 4.98 Å². The van der Waals surface area contributed by atoms with Gasteiger partial charge in [0.05, 0.1) is 16.1 Å². The number of alkyl halides is 3. The van der Waals surface area contributed by atoms with E-state index in [1.54, 1.807) is 5.38 Å². The second-order valence-electron chi connectivity index (χ2n) is 5.73. The number of carbonyl (C=O) groups is 1. The second kappa shape index (κ2) is 7.82. The van der Waals surface area contributed by atoms with Gasteiger partial charge in [0.2, 0.25) is 0 Å². The van der Waals surface area contributed by atoms with Crippen LogP contribution in [0.2, 0.25) is 0 Å². The number of carbonyl (C=O) groups excluding carboxylic acids is 1. The van der Waals surface area contributed by atoms with Crippen LogP contribution in [-0.2, 0) is 6.18 Å². The number of nitrogens with one attached hydrogen (secondary N) is 1. The Labute approximate surface area is 162 Å². The molecule has 0 saturated heterocycles. The molecule has 1 N–H and O–H groups in total. The molecule has 0 radical (unpaired) electrons. The molecule has 3 rings (SSSR count). The molecule has 2 aromatic carbocycles. The topological polar surface area (TPSA) is 42.0 Å². The zero-order valence-electron chi connectivity index (χ0n) is 14.4. The molecule has 3 aromatic rings. The molecule has 0 spiro atoms. The normalized spacial score (nSPS) is 10.9. The smallest absolute Gasteiger partial charge is 0.322 e. The van der Waals surface area contributed by atoms with Gasteiger partial charge in [0, 0.05) is 16.6 Å². The number of rotatable bonds is 2. The standard InChI is InChI=1S/C20H12F4N2OS/c1-12-25-16(11-28-12)6-2-13-3-9-18(21)17(10-13)19(27)26-15-7-4-14(5-8-15)20(22,23)24/h3-5,7-11H,1H3,(H,26,27). The Balaban J connectivity index is 1.79. The summed E-state index contributed by atoms with van der Waals surface area (Å²) in [5.41, 5.74) is -0.00794. The van der Waals surface area contributed by atoms with Crippen molar-refractivity contribution >= 4 is 22.9 Å². The first-order chi connectivity index (χ1) is 13.2. The third kappa shape index (κ3) is 4.75. The van der Waals surface area contributed by atoms with Crippen molar-refractivity contribution in [2.24, 2.45) is 0 Å². The lowest BCUT2D eigenvalue weighted by Gasteiger charge is -2.09. The molecular weight excluding hydrogens is 392 g/mol. The molecule has 0 aliphatic rings. The number of amides is 1. The summed E-state index contributed by atoms with van der Waals surface area (Å²) in [4.78, 5) is 16.5. The highest BCUT2D eigenvalue weighted by molar-refractivity contribution is 7.09. The first-order valence-corrected chi connectivity index (χ1v) is 8.82. The van der Waals surface area contributed by atoms with E-state index in [0.29, 0.717) is 11.3 Å². The third-order valence-corrected chi connectivity index (χ3v) is 4.41. The predicted molar refractivity (Wildman–Crippen MR) is 98.6 cm³/mol. The maximum absolute atomic E-state index is 14.0. The van der Waals surface area contributed by atoms with E-state index in [1.807, 2.05) is 6.92 Å². The Morgan fingerprint density at radius 3 is 2.43 bits per heavy atom. The van der Waals surface area contributed by atoms with Gasteiger partial charge in [-0.1, -0.05) is 5.92 Å². The van der Waals surface area contributed by atoms with Crippen LogP contribution in [0.25, 0.3) is 0 Å². The first-order valence-electron chi connectivity index (χ1n) is 7.95. The zero-order chi connectivity index (χ0) is 20.3. The van der Waals surface area contributed by atoms with Crippen LogP contribution in [0.1, 0.15) is 32.2 Å². The fraction of sp³-hybridized carbons (Fsp3) is 0.100. The van der Waals surface area contributed by atoms with Crippen LogP contribution < -0.4 is 5.32 Å². The number of halogens is 4. The van der Waals surface area contributed by atoms with E-state index in [2.05, 4.69) is 22.1 Å². The Bertz CT molecular complexity index is 1080. The number of aryl methyl sites for hydroxylation is 1. The monoisotopic (exact) mass is 404 g/mol. The minimum Gasteiger partial charge on any atom is -0.322 e. The molecule has 0 aliphatic heterocycles. The van der Waals surface area contributed by atoms with Gasteiger partial charge >= 0.3 is 6.18 Å². The second-order valence-corrected chi connectivity index (χ2v) is 6.79. The summed E-state index contributed by atoms with van der Waals surface area (Å²) in [6.07, 6.45) is -4.47. The molecule has 3 nitrogen and oxygen atoms in total. The summed E-state index contributed by atoms with van der Waals surface area (Å²) >= 11 is 1.45. The number of aromatic nitrogens is 1. The largest absolute Gasteiger partial charge is 0.416 e. The third-order valence-electron chi connectivity index (χ3n) is 3.63. The first kappa shape index (κ1) is 19.6. The summed E-state index contributed by atoms with van der Waals surface area (Å²) in [5, 5.41) is 5.02. The highest BCUT2D eigenvalue weighted by Gasteiger charge is 2.30. The summed E-state index contributed by atoms with van der Waals surface area (Å²) in [7, 11) is 0. The lowest BCUT2D eigenvalue weighted by molar-refractivity contribution is -0.137. The average molecular weight is 404 g/mol. The van der Waals surface area contributed by atoms with Gasteiger partial charge in [-0.3, -0.25) is 4.79 Å². The molecule has 0 fully saturated rings. The van der Waals surface area contributed by atoms with Gasteiger partial charge in [0.15, 0.2) is 0 Å². The van der Waals surface area contributed by atoms with Crippen LogP contribution >= 0.6 is 11.3 Å². The van der Waals surface area contributed by atoms with Gasteiger partial charge in [-0.15, -0.1) is 11.3 Å². The molecule has 0 unspecified atom stereocenters. The number of hydrogen-bond acceptors (Lipinski definition) is 3. The number of benzene rings is 2. The van der Waals surface area contributed by atoms with E-state index in [9.17, 15) is 22.4 Å². The lowest BCUT2D eigenvalue weighted by atomic mass is 10.1. The maximum Gasteiger partial charge on any atom is 0.416 e. The maximum atomic E-state index is 14.0. The minimum absolute atomic E-state index is 0.117. The van der Waals surface area contributed by atoms with Gasteiger partial charge in [0.25, 0.3) is 5.91 Å². The number of anilines is 1. The molecule has 0 saturated carbocycles. The van der Waals surface area contributed by atoms with Crippen molar-refractivity contribution in [3.8, 4) is 11.8 Å². The minimum atomic E-state index is -4.47. The molecule has 1 heterocycles. The van der Waals surface area contributed by atoms with Crippen molar-refractivity contribution in [3.05, 3.63) is 81.1 Å². The SMILES string of the molecule is Cc1nc(C#Cc2ccc(F)c(C(=O)Nc3ccc(C(F)(F)F)cc3)c2)cs1. The Kier molecular flexibility index (Phi) is 5.47. The predicted octanol–water partition coefficient (Wildman–Crippen LogP) is 5.26. The summed E-state index contributed by atoms with van der Waals surface area (Å²) < 4.78 is 51.8. The quantitative estimate of drug-likeness (QED) is 0.468. The molecular formula is C20H12F4N2OS. The van der Waals surface area contributed by atoms with Crippen LogP contribution in [0.3, 0.4) is 0 Å². The summed E-state index contributed by atoms with van der Waals surface area (Å²) in [6.45, 7) is 1.84. The molecule has 0 bridgehead atoms. The van der Waals surface area contributed by atoms with E-state index in [-0.39, 0.29) is 11.3 Å². The zero-order valence-corrected chi connectivity index (χ0v) is 15.2. The van der Waals surface area contributed by atoms with Crippen molar-refractivity contribution in [1.29, 1.82) is 0 Å². The van der Waals surface area contributed by atoms with Gasteiger partial charge in [-0.05, 0) is 55.3 Å². The van der Waals surface area contributed by atoms with Crippen molar-refractivity contribution in [2.75, 3.05) is 5.32 Å². The fourth-order valence-electron chi connectivity index (χ4n) is 2.28. The molecule has 28 heavy (non-hydrogen) atoms. The van der Waals surface area contributed by atoms with E-state index >= 15 is 0 Å². The number of nitrogens with zero attached hydrogens (tertiary/aromatic N) is 1. The lowest BCUT2D eigenvalue weighted by Crippen LogP contribution is -2.14. The Morgan fingerprint density at radius 1 is 1.11 bits per heavy atom. The van der Waals surface area contributed by atoms with Gasteiger partial charge in [-0.25, -0.2) is 9.37 Å². The van der Waals surface area contributed by atoms with Crippen LogP contribution in [0.15, 0.2) is 47.8 Å². The van der Waals surface area contributed by atoms with Crippen LogP contribution in [0.5, 0.6) is 0 Å². The van der Waals surface area contributed by atoms with Crippen molar-refractivity contribution < 1.29 is 22.4 Å². The number of thiazole rings is 1. The molecule has 0 atom stereocenters. The van der Waals surface area contributed by atoms with Crippen LogP contribution in [0, 0.1) is 24.6 Å². The van der Waals surface area contributed by atoms with E-state index in [4.69, 9.17) is 0 Å².